The van der Waals surface area contributed by atoms with Crippen molar-refractivity contribution in [2.45, 2.75) is 290 Å². The lowest BCUT2D eigenvalue weighted by molar-refractivity contribution is -0.161. The SMILES string of the molecule is CCC/C=C\C/C=C\CCCCCCCC(=O)OC(CO)COP(=O)(O)OCC(COC(=O)CCCCCCCCC/C=C\C/C=C\CCCCC)OC(=O)CCCCCCCCC/C=C\CCCCCCCC. The second-order valence-corrected chi connectivity index (χ2v) is 21.6. The van der Waals surface area contributed by atoms with Gasteiger partial charge in [-0.25, -0.2) is 4.57 Å². The van der Waals surface area contributed by atoms with Crippen LogP contribution in [0.4, 0.5) is 0 Å². The van der Waals surface area contributed by atoms with Crippen LogP contribution in [0.15, 0.2) is 60.8 Å². The van der Waals surface area contributed by atoms with Crippen LogP contribution in [0.25, 0.3) is 0 Å². The van der Waals surface area contributed by atoms with Gasteiger partial charge in [-0.3, -0.25) is 23.4 Å². The van der Waals surface area contributed by atoms with Gasteiger partial charge in [0.25, 0.3) is 0 Å². The van der Waals surface area contributed by atoms with Crippen LogP contribution < -0.4 is 0 Å². The molecule has 0 saturated carbocycles. The van der Waals surface area contributed by atoms with Crippen molar-refractivity contribution in [1.29, 1.82) is 0 Å². The summed E-state index contributed by atoms with van der Waals surface area (Å²) in [5.74, 6) is -1.48. The minimum Gasteiger partial charge on any atom is -0.462 e. The number of hydrogen-bond donors (Lipinski definition) is 2. The predicted molar refractivity (Wildman–Crippen MR) is 307 cm³/mol. The summed E-state index contributed by atoms with van der Waals surface area (Å²) in [6, 6.07) is 0. The molecule has 0 heterocycles. The molecule has 3 unspecified atom stereocenters. The molecule has 0 aromatic rings. The molecule has 0 saturated heterocycles. The second kappa shape index (κ2) is 56.4. The normalized spacial score (nSPS) is 13.7. The average Bonchev–Trinajstić information content (AvgIpc) is 3.39. The summed E-state index contributed by atoms with van der Waals surface area (Å²) >= 11 is 0. The van der Waals surface area contributed by atoms with Crippen LogP contribution in [0.3, 0.4) is 0 Å². The summed E-state index contributed by atoms with van der Waals surface area (Å²) in [4.78, 5) is 48.6. The molecule has 0 radical (unpaired) electrons. The maximum atomic E-state index is 12.9. The summed E-state index contributed by atoms with van der Waals surface area (Å²) in [5.41, 5.74) is 0. The Balaban J connectivity index is 4.74. The number of allylic oxidation sites excluding steroid dienone is 10. The highest BCUT2D eigenvalue weighted by atomic mass is 31.2. The van der Waals surface area contributed by atoms with E-state index in [-0.39, 0.29) is 25.9 Å². The molecule has 11 nitrogen and oxygen atoms in total. The first-order chi connectivity index (χ1) is 36.2. The Labute approximate surface area is 453 Å². The van der Waals surface area contributed by atoms with Gasteiger partial charge in [0.1, 0.15) is 12.7 Å². The molecule has 430 valence electrons. The van der Waals surface area contributed by atoms with Crippen molar-refractivity contribution in [3.05, 3.63) is 60.8 Å². The van der Waals surface area contributed by atoms with Gasteiger partial charge in [0.05, 0.1) is 19.8 Å². The van der Waals surface area contributed by atoms with Crippen LogP contribution in [0.2, 0.25) is 0 Å². The van der Waals surface area contributed by atoms with Gasteiger partial charge >= 0.3 is 25.7 Å². The van der Waals surface area contributed by atoms with E-state index in [1.807, 2.05) is 0 Å². The third-order valence-corrected chi connectivity index (χ3v) is 13.8. The number of ether oxygens (including phenoxy) is 3. The van der Waals surface area contributed by atoms with E-state index in [9.17, 15) is 28.9 Å². The minimum atomic E-state index is -4.75. The largest absolute Gasteiger partial charge is 0.472 e. The summed E-state index contributed by atoms with van der Waals surface area (Å²) < 4.78 is 39.6. The van der Waals surface area contributed by atoms with Gasteiger partial charge in [0.2, 0.25) is 0 Å². The van der Waals surface area contributed by atoms with E-state index in [0.29, 0.717) is 19.3 Å². The molecule has 0 bridgehead atoms. The summed E-state index contributed by atoms with van der Waals surface area (Å²) in [6.45, 7) is 4.55. The van der Waals surface area contributed by atoms with E-state index >= 15 is 0 Å². The van der Waals surface area contributed by atoms with Crippen LogP contribution in [0, 0.1) is 0 Å². The zero-order valence-electron chi connectivity index (χ0n) is 47.6. The number of phosphoric acid groups is 1. The zero-order valence-corrected chi connectivity index (χ0v) is 48.5. The van der Waals surface area contributed by atoms with Crippen molar-refractivity contribution < 1.29 is 52.2 Å². The topological polar surface area (TPSA) is 155 Å². The van der Waals surface area contributed by atoms with Gasteiger partial charge in [-0.05, 0) is 103 Å². The van der Waals surface area contributed by atoms with Crippen LogP contribution in [-0.2, 0) is 42.2 Å². The molecule has 0 aliphatic rings. The van der Waals surface area contributed by atoms with Gasteiger partial charge in [-0.1, -0.05) is 216 Å². The molecule has 0 fully saturated rings. The lowest BCUT2D eigenvalue weighted by atomic mass is 10.1. The number of phosphoric ester groups is 1. The molecular weight excluding hydrogens is 952 g/mol. The van der Waals surface area contributed by atoms with Crippen LogP contribution in [0.5, 0.6) is 0 Å². The molecule has 0 rings (SSSR count). The molecule has 0 aromatic carbocycles. The highest BCUT2D eigenvalue weighted by Crippen LogP contribution is 2.43. The minimum absolute atomic E-state index is 0.160. The van der Waals surface area contributed by atoms with Crippen LogP contribution in [0.1, 0.15) is 278 Å². The lowest BCUT2D eigenvalue weighted by Crippen LogP contribution is -2.30. The number of carbonyl (C=O) groups is 3. The van der Waals surface area contributed by atoms with Crippen molar-refractivity contribution in [1.82, 2.24) is 0 Å². The molecule has 3 atom stereocenters. The molecule has 12 heteroatoms. The first kappa shape index (κ1) is 71.2. The Bertz CT molecular complexity index is 1470. The van der Waals surface area contributed by atoms with Crippen molar-refractivity contribution in [2.24, 2.45) is 0 Å². The van der Waals surface area contributed by atoms with Gasteiger partial charge in [0.15, 0.2) is 6.10 Å². The number of carbonyl (C=O) groups excluding carboxylic acids is 3. The third-order valence-electron chi connectivity index (χ3n) is 12.9. The Morgan fingerprint density at radius 2 is 0.689 bits per heavy atom. The molecule has 2 N–H and O–H groups in total. The molecule has 0 amide bonds. The van der Waals surface area contributed by atoms with E-state index in [0.717, 1.165) is 109 Å². The average molecular weight is 1060 g/mol. The first-order valence-corrected chi connectivity index (χ1v) is 31.7. The van der Waals surface area contributed by atoms with Crippen molar-refractivity contribution in [2.75, 3.05) is 26.4 Å². The Morgan fingerprint density at radius 1 is 0.378 bits per heavy atom. The molecule has 74 heavy (non-hydrogen) atoms. The van der Waals surface area contributed by atoms with Crippen molar-refractivity contribution in [3.63, 3.8) is 0 Å². The molecular formula is C62H111O11P. The molecule has 0 aliphatic carbocycles. The second-order valence-electron chi connectivity index (χ2n) is 20.2. The maximum absolute atomic E-state index is 12.9. The van der Waals surface area contributed by atoms with Gasteiger partial charge < -0.3 is 24.2 Å². The van der Waals surface area contributed by atoms with E-state index in [1.54, 1.807) is 0 Å². The summed E-state index contributed by atoms with van der Waals surface area (Å²) in [6.07, 6.45) is 61.7. The summed E-state index contributed by atoms with van der Waals surface area (Å²) in [5, 5.41) is 9.81. The Kier molecular flexibility index (Phi) is 54.2. The monoisotopic (exact) mass is 1060 g/mol. The third kappa shape index (κ3) is 54.0. The molecule has 0 aromatic heterocycles. The quantitative estimate of drug-likeness (QED) is 0.0197. The van der Waals surface area contributed by atoms with E-state index in [2.05, 4.69) is 81.5 Å². The zero-order chi connectivity index (χ0) is 54.1. The van der Waals surface area contributed by atoms with Crippen molar-refractivity contribution in [3.8, 4) is 0 Å². The highest BCUT2D eigenvalue weighted by molar-refractivity contribution is 7.47. The number of aliphatic hydroxyl groups excluding tert-OH is 1. The highest BCUT2D eigenvalue weighted by Gasteiger charge is 2.28. The van der Waals surface area contributed by atoms with E-state index in [4.69, 9.17) is 23.3 Å². The van der Waals surface area contributed by atoms with Gasteiger partial charge in [-0.2, -0.15) is 0 Å². The fourth-order valence-electron chi connectivity index (χ4n) is 8.24. The predicted octanol–water partition coefficient (Wildman–Crippen LogP) is 17.9. The summed E-state index contributed by atoms with van der Waals surface area (Å²) in [7, 11) is -4.75. The fraction of sp³-hybridized carbons (Fsp3) is 0.790. The smallest absolute Gasteiger partial charge is 0.462 e. The first-order valence-electron chi connectivity index (χ1n) is 30.2. The van der Waals surface area contributed by atoms with E-state index < -0.39 is 57.8 Å². The Morgan fingerprint density at radius 3 is 1.09 bits per heavy atom. The van der Waals surface area contributed by atoms with Crippen LogP contribution in [-0.4, -0.2) is 66.5 Å². The molecule has 0 spiro atoms. The standard InChI is InChI=1S/C62H111O11P/c1-4-7-10-13-16-19-22-25-27-29-31-34-36-39-42-45-48-51-60(64)69-55-59(73-62(66)53-50-47-44-41-38-35-32-30-28-26-23-20-17-14-11-8-5-2)57-71-74(67,68)70-56-58(54-63)72-61(65)52-49-46-43-40-37-33-24-21-18-15-12-9-6-3/h12,15-16,19,21,24-28,58-59,63H,4-11,13-14,17-18,20,22-23,29-57H2,1-3H3,(H,67,68)/b15-12-,19-16-,24-21-,27-25-,28-26-. The lowest BCUT2D eigenvalue weighted by Gasteiger charge is -2.21. The van der Waals surface area contributed by atoms with E-state index in [1.165, 1.54) is 109 Å². The van der Waals surface area contributed by atoms with Gasteiger partial charge in [0, 0.05) is 19.3 Å². The molecule has 0 aliphatic heterocycles. The maximum Gasteiger partial charge on any atom is 0.472 e. The van der Waals surface area contributed by atoms with Crippen LogP contribution >= 0.6 is 7.82 Å². The fourth-order valence-corrected chi connectivity index (χ4v) is 9.03. The number of unbranched alkanes of at least 4 members (excludes halogenated alkanes) is 29. The number of rotatable bonds is 56. The number of hydrogen-bond acceptors (Lipinski definition) is 10. The number of esters is 3. The number of aliphatic hydroxyl groups is 1. The van der Waals surface area contributed by atoms with Gasteiger partial charge in [-0.15, -0.1) is 0 Å². The Hall–Kier alpha value is -2.82. The van der Waals surface area contributed by atoms with Crippen molar-refractivity contribution >= 4 is 25.7 Å².